The molecule has 1 heteroatoms. The summed E-state index contributed by atoms with van der Waals surface area (Å²) in [5.74, 6) is 0. The molecule has 0 aliphatic rings. The zero-order chi connectivity index (χ0) is 10.6. The average molecular weight is 190 g/mol. The van der Waals surface area contributed by atoms with Crippen LogP contribution < -0.4 is 0 Å². The first kappa shape index (κ1) is 11.0. The molecule has 1 N–H and O–H groups in total. The molecule has 0 spiro atoms. The summed E-state index contributed by atoms with van der Waals surface area (Å²) in [5.41, 5.74) is 3.51. The van der Waals surface area contributed by atoms with Crippen LogP contribution in [-0.2, 0) is 0 Å². The minimum absolute atomic E-state index is 0.354. The summed E-state index contributed by atoms with van der Waals surface area (Å²) in [6.45, 7) is 7.79. The van der Waals surface area contributed by atoms with Crippen molar-refractivity contribution in [2.45, 2.75) is 32.8 Å². The number of aliphatic hydroxyl groups is 1. The van der Waals surface area contributed by atoms with Gasteiger partial charge in [-0.25, -0.2) is 0 Å². The maximum Gasteiger partial charge on any atom is 0.0793 e. The van der Waals surface area contributed by atoms with Crippen LogP contribution in [0.1, 0.15) is 35.6 Å². The quantitative estimate of drug-likeness (QED) is 0.722. The number of hydrogen-bond donors (Lipinski definition) is 1. The van der Waals surface area contributed by atoms with Crippen molar-refractivity contribution in [3.8, 4) is 0 Å². The van der Waals surface area contributed by atoms with Gasteiger partial charge in [0, 0.05) is 0 Å². The molecule has 0 saturated carbocycles. The molecule has 0 aromatic heterocycles. The van der Waals surface area contributed by atoms with Gasteiger partial charge >= 0.3 is 0 Å². The van der Waals surface area contributed by atoms with Crippen LogP contribution in [0.4, 0.5) is 0 Å². The van der Waals surface area contributed by atoms with E-state index < -0.39 is 0 Å². The Balaban J connectivity index is 2.75. The Morgan fingerprint density at radius 2 is 2.07 bits per heavy atom. The fourth-order valence-corrected chi connectivity index (χ4v) is 1.41. The number of benzene rings is 1. The van der Waals surface area contributed by atoms with E-state index in [0.29, 0.717) is 0 Å². The van der Waals surface area contributed by atoms with Crippen LogP contribution in [0.3, 0.4) is 0 Å². The Bertz CT molecular complexity index is 315. The third kappa shape index (κ3) is 2.71. The van der Waals surface area contributed by atoms with Gasteiger partial charge in [-0.1, -0.05) is 24.3 Å². The van der Waals surface area contributed by atoms with E-state index in [1.165, 1.54) is 11.1 Å². The number of aryl methyl sites for hydroxylation is 2. The van der Waals surface area contributed by atoms with Gasteiger partial charge in [0.05, 0.1) is 6.10 Å². The molecule has 0 bridgehead atoms. The molecule has 0 aliphatic heterocycles. The van der Waals surface area contributed by atoms with Gasteiger partial charge in [-0.05, 0) is 43.4 Å². The van der Waals surface area contributed by atoms with E-state index in [1.54, 1.807) is 0 Å². The van der Waals surface area contributed by atoms with Crippen molar-refractivity contribution in [1.29, 1.82) is 0 Å². The van der Waals surface area contributed by atoms with E-state index in [2.05, 4.69) is 32.6 Å². The zero-order valence-electron chi connectivity index (χ0n) is 8.96. The molecule has 76 valence electrons. The van der Waals surface area contributed by atoms with Crippen LogP contribution in [0.25, 0.3) is 0 Å². The Morgan fingerprint density at radius 3 is 2.64 bits per heavy atom. The largest absolute Gasteiger partial charge is 0.388 e. The van der Waals surface area contributed by atoms with Crippen molar-refractivity contribution >= 4 is 0 Å². The molecule has 0 amide bonds. The Hall–Kier alpha value is -1.08. The highest BCUT2D eigenvalue weighted by Gasteiger charge is 2.06. The number of aliphatic hydroxyl groups excluding tert-OH is 1. The topological polar surface area (TPSA) is 20.2 Å². The third-order valence-electron chi connectivity index (χ3n) is 2.56. The number of rotatable bonds is 4. The Morgan fingerprint density at radius 1 is 1.36 bits per heavy atom. The minimum Gasteiger partial charge on any atom is -0.388 e. The monoisotopic (exact) mass is 190 g/mol. The Labute approximate surface area is 86.1 Å². The average Bonchev–Trinajstić information content (AvgIpc) is 2.18. The fourth-order valence-electron chi connectivity index (χ4n) is 1.41. The van der Waals surface area contributed by atoms with Crippen LogP contribution in [0.5, 0.6) is 0 Å². The predicted octanol–water partition coefficient (Wildman–Crippen LogP) is 3.30. The summed E-state index contributed by atoms with van der Waals surface area (Å²) in [5, 5.41) is 9.82. The summed E-state index contributed by atoms with van der Waals surface area (Å²) < 4.78 is 0. The molecule has 1 atom stereocenters. The fraction of sp³-hybridized carbons (Fsp3) is 0.385. The van der Waals surface area contributed by atoms with Crippen LogP contribution in [0, 0.1) is 13.8 Å². The predicted molar refractivity (Wildman–Crippen MR) is 60.3 cm³/mol. The molecule has 0 saturated heterocycles. The molecular formula is C13H18O. The molecule has 0 fully saturated rings. The highest BCUT2D eigenvalue weighted by Crippen LogP contribution is 2.20. The summed E-state index contributed by atoms with van der Waals surface area (Å²) in [4.78, 5) is 0. The summed E-state index contributed by atoms with van der Waals surface area (Å²) >= 11 is 0. The molecule has 1 unspecified atom stereocenters. The Kier molecular flexibility index (Phi) is 3.90. The van der Waals surface area contributed by atoms with Crippen molar-refractivity contribution in [3.05, 3.63) is 47.5 Å². The summed E-state index contributed by atoms with van der Waals surface area (Å²) in [7, 11) is 0. The summed E-state index contributed by atoms with van der Waals surface area (Å²) in [6.07, 6.45) is 3.09. The first-order chi connectivity index (χ1) is 6.65. The maximum absolute atomic E-state index is 9.82. The van der Waals surface area contributed by atoms with E-state index in [9.17, 15) is 5.11 Å². The van der Waals surface area contributed by atoms with Crippen molar-refractivity contribution in [2.75, 3.05) is 0 Å². The van der Waals surface area contributed by atoms with Crippen molar-refractivity contribution in [2.24, 2.45) is 0 Å². The minimum atomic E-state index is -0.354. The first-order valence-corrected chi connectivity index (χ1v) is 5.01. The lowest BCUT2D eigenvalue weighted by atomic mass is 10.00. The standard InChI is InChI=1S/C13H18O/c1-4-5-6-13(14)12-8-7-10(2)11(3)9-12/h4,7-9,13-14H,1,5-6H2,2-3H3. The van der Waals surface area contributed by atoms with Gasteiger partial charge in [-0.2, -0.15) is 0 Å². The van der Waals surface area contributed by atoms with E-state index >= 15 is 0 Å². The van der Waals surface area contributed by atoms with Gasteiger partial charge in [0.2, 0.25) is 0 Å². The molecular weight excluding hydrogens is 172 g/mol. The van der Waals surface area contributed by atoms with Crippen LogP contribution >= 0.6 is 0 Å². The number of hydrogen-bond acceptors (Lipinski definition) is 1. The second-order valence-electron chi connectivity index (χ2n) is 3.73. The van der Waals surface area contributed by atoms with Gasteiger partial charge in [0.25, 0.3) is 0 Å². The van der Waals surface area contributed by atoms with Gasteiger partial charge in [-0.15, -0.1) is 6.58 Å². The lowest BCUT2D eigenvalue weighted by molar-refractivity contribution is 0.168. The third-order valence-corrected chi connectivity index (χ3v) is 2.56. The van der Waals surface area contributed by atoms with Crippen LogP contribution in [-0.4, -0.2) is 5.11 Å². The van der Waals surface area contributed by atoms with Crippen molar-refractivity contribution in [1.82, 2.24) is 0 Å². The van der Waals surface area contributed by atoms with Crippen LogP contribution in [0.2, 0.25) is 0 Å². The second kappa shape index (κ2) is 4.97. The van der Waals surface area contributed by atoms with Gasteiger partial charge in [0.1, 0.15) is 0 Å². The van der Waals surface area contributed by atoms with E-state index in [0.717, 1.165) is 18.4 Å². The normalized spacial score (nSPS) is 12.5. The highest BCUT2D eigenvalue weighted by atomic mass is 16.3. The van der Waals surface area contributed by atoms with Gasteiger partial charge < -0.3 is 5.11 Å². The molecule has 1 rings (SSSR count). The maximum atomic E-state index is 9.82. The first-order valence-electron chi connectivity index (χ1n) is 5.01. The molecule has 1 aromatic carbocycles. The van der Waals surface area contributed by atoms with Crippen molar-refractivity contribution < 1.29 is 5.11 Å². The molecule has 14 heavy (non-hydrogen) atoms. The van der Waals surface area contributed by atoms with Crippen LogP contribution in [0.15, 0.2) is 30.9 Å². The van der Waals surface area contributed by atoms with E-state index in [1.807, 2.05) is 12.1 Å². The van der Waals surface area contributed by atoms with Gasteiger partial charge in [-0.3, -0.25) is 0 Å². The second-order valence-corrected chi connectivity index (χ2v) is 3.73. The summed E-state index contributed by atoms with van der Waals surface area (Å²) in [6, 6.07) is 6.11. The highest BCUT2D eigenvalue weighted by molar-refractivity contribution is 5.31. The van der Waals surface area contributed by atoms with Gasteiger partial charge in [0.15, 0.2) is 0 Å². The molecule has 1 aromatic rings. The SMILES string of the molecule is C=CCCC(O)c1ccc(C)c(C)c1. The molecule has 0 radical (unpaired) electrons. The molecule has 0 heterocycles. The van der Waals surface area contributed by atoms with Crippen molar-refractivity contribution in [3.63, 3.8) is 0 Å². The molecule has 0 aliphatic carbocycles. The van der Waals surface area contributed by atoms with E-state index in [-0.39, 0.29) is 6.10 Å². The lowest BCUT2D eigenvalue weighted by Gasteiger charge is -2.11. The lowest BCUT2D eigenvalue weighted by Crippen LogP contribution is -1.97. The number of allylic oxidation sites excluding steroid dienone is 1. The molecule has 1 nitrogen and oxygen atoms in total. The van der Waals surface area contributed by atoms with E-state index in [4.69, 9.17) is 0 Å². The smallest absolute Gasteiger partial charge is 0.0793 e. The zero-order valence-corrected chi connectivity index (χ0v) is 8.96.